The zero-order valence-corrected chi connectivity index (χ0v) is 22.1. The number of carboxylic acids is 1. The van der Waals surface area contributed by atoms with Gasteiger partial charge in [-0.2, -0.15) is 0 Å². The van der Waals surface area contributed by atoms with Gasteiger partial charge in [-0.3, -0.25) is 4.79 Å². The molecule has 0 heterocycles. The van der Waals surface area contributed by atoms with E-state index in [0.717, 1.165) is 12.0 Å². The fraction of sp³-hybridized carbons (Fsp3) is 0.680. The first-order valence-corrected chi connectivity index (χ1v) is 14.0. The molecule has 0 saturated heterocycles. The van der Waals surface area contributed by atoms with Gasteiger partial charge in [0.05, 0.1) is 18.6 Å². The van der Waals surface area contributed by atoms with E-state index < -0.39 is 32.5 Å². The van der Waals surface area contributed by atoms with Crippen molar-refractivity contribution in [2.75, 3.05) is 0 Å². The van der Waals surface area contributed by atoms with E-state index in [0.29, 0.717) is 16.6 Å². The number of carbonyl (C=O) groups is 2. The van der Waals surface area contributed by atoms with Gasteiger partial charge in [0, 0.05) is 0 Å². The lowest BCUT2D eigenvalue weighted by Gasteiger charge is -2.46. The van der Waals surface area contributed by atoms with Crippen LogP contribution in [0.4, 0.5) is 4.79 Å². The molecule has 6 nitrogen and oxygen atoms in total. The number of carboxylic acid groups (broad SMARTS) is 1. The third-order valence-corrected chi connectivity index (χ3v) is 12.7. The molecule has 1 aromatic rings. The summed E-state index contributed by atoms with van der Waals surface area (Å²) >= 11 is 0. The normalized spacial score (nSPS) is 15.0. The molecule has 0 unspecified atom stereocenters. The number of amides is 1. The van der Waals surface area contributed by atoms with Crippen molar-refractivity contribution in [3.05, 3.63) is 35.9 Å². The molecule has 182 valence electrons. The Kier molecular flexibility index (Phi) is 11.4. The SMILES string of the molecule is CC[C@H](C)[C@@H](NC(=O)OCc1ccccc1)[C@H](CC(=O)O)O[Si](C(C)C)(C(C)C)C(C)C. The van der Waals surface area contributed by atoms with Crippen LogP contribution < -0.4 is 5.32 Å². The molecule has 0 spiro atoms. The minimum Gasteiger partial charge on any atom is -0.481 e. The third-order valence-electron chi connectivity index (χ3n) is 6.59. The predicted octanol–water partition coefficient (Wildman–Crippen LogP) is 6.36. The van der Waals surface area contributed by atoms with Gasteiger partial charge in [0.2, 0.25) is 8.32 Å². The minimum absolute atomic E-state index is 0.0295. The van der Waals surface area contributed by atoms with Crippen LogP contribution in [-0.4, -0.2) is 37.6 Å². The summed E-state index contributed by atoms with van der Waals surface area (Å²) in [6, 6.07) is 9.02. The minimum atomic E-state index is -2.36. The van der Waals surface area contributed by atoms with Crippen LogP contribution in [0.3, 0.4) is 0 Å². The molecule has 0 radical (unpaired) electrons. The van der Waals surface area contributed by atoms with E-state index in [2.05, 4.69) is 46.9 Å². The van der Waals surface area contributed by atoms with Crippen molar-refractivity contribution in [1.82, 2.24) is 5.32 Å². The highest BCUT2D eigenvalue weighted by molar-refractivity contribution is 6.77. The predicted molar refractivity (Wildman–Crippen MR) is 131 cm³/mol. The van der Waals surface area contributed by atoms with Gasteiger partial charge in [-0.15, -0.1) is 0 Å². The molecule has 2 N–H and O–H groups in total. The maximum atomic E-state index is 12.7. The van der Waals surface area contributed by atoms with Crippen LogP contribution in [0, 0.1) is 5.92 Å². The van der Waals surface area contributed by atoms with Crippen LogP contribution in [0.1, 0.15) is 73.8 Å². The monoisotopic (exact) mass is 465 g/mol. The number of benzene rings is 1. The van der Waals surface area contributed by atoms with Crippen LogP contribution >= 0.6 is 0 Å². The molecular formula is C25H43NO5Si. The highest BCUT2D eigenvalue weighted by Gasteiger charge is 2.48. The Hall–Kier alpha value is -1.86. The van der Waals surface area contributed by atoms with Gasteiger partial charge in [-0.1, -0.05) is 92.1 Å². The van der Waals surface area contributed by atoms with Gasteiger partial charge in [-0.05, 0) is 28.1 Å². The molecule has 1 amide bonds. The Morgan fingerprint density at radius 2 is 1.50 bits per heavy atom. The standard InChI is InChI=1S/C25H43NO5Si/c1-9-20(8)24(26-25(29)30-16-21-13-11-10-12-14-21)22(15-23(27)28)31-32(17(2)3,18(4)5)19(6)7/h10-14,17-20,22,24H,9,15-16H2,1-8H3,(H,26,29)(H,27,28)/t20-,22-,24+/m0/s1. The van der Waals surface area contributed by atoms with Crippen molar-refractivity contribution >= 4 is 20.4 Å². The van der Waals surface area contributed by atoms with Crippen LogP contribution in [0.15, 0.2) is 30.3 Å². The van der Waals surface area contributed by atoms with Crippen molar-refractivity contribution in [3.8, 4) is 0 Å². The fourth-order valence-corrected chi connectivity index (χ4v) is 10.4. The first kappa shape index (κ1) is 28.2. The molecule has 0 aromatic heterocycles. The number of nitrogens with one attached hydrogen (secondary N) is 1. The summed E-state index contributed by atoms with van der Waals surface area (Å²) in [4.78, 5) is 24.5. The Morgan fingerprint density at radius 1 is 0.969 bits per heavy atom. The topological polar surface area (TPSA) is 84.9 Å². The van der Waals surface area contributed by atoms with Crippen LogP contribution in [0.25, 0.3) is 0 Å². The maximum absolute atomic E-state index is 12.7. The molecule has 3 atom stereocenters. The molecule has 32 heavy (non-hydrogen) atoms. The van der Waals surface area contributed by atoms with Crippen molar-refractivity contribution < 1.29 is 23.9 Å². The molecule has 7 heteroatoms. The summed E-state index contributed by atoms with van der Waals surface area (Å²) in [6.45, 7) is 17.2. The van der Waals surface area contributed by atoms with E-state index >= 15 is 0 Å². The summed E-state index contributed by atoms with van der Waals surface area (Å²) in [6.07, 6.45) is -0.549. The number of rotatable bonds is 13. The quantitative estimate of drug-likeness (QED) is 0.331. The lowest BCUT2D eigenvalue weighted by Crippen LogP contribution is -2.57. The van der Waals surface area contributed by atoms with Gasteiger partial charge in [0.15, 0.2) is 0 Å². The second-order valence-corrected chi connectivity index (χ2v) is 15.1. The molecule has 0 aliphatic rings. The summed E-state index contributed by atoms with van der Waals surface area (Å²) in [5, 5.41) is 12.6. The van der Waals surface area contributed by atoms with Gasteiger partial charge in [0.1, 0.15) is 6.61 Å². The first-order chi connectivity index (χ1) is 14.9. The van der Waals surface area contributed by atoms with Gasteiger partial charge in [-0.25, -0.2) is 4.79 Å². The smallest absolute Gasteiger partial charge is 0.407 e. The molecular weight excluding hydrogens is 422 g/mol. The van der Waals surface area contributed by atoms with Crippen molar-refractivity contribution in [3.63, 3.8) is 0 Å². The van der Waals surface area contributed by atoms with E-state index in [1.54, 1.807) is 0 Å². The Bertz CT molecular complexity index is 686. The molecule has 0 fully saturated rings. The molecule has 1 rings (SSSR count). The molecule has 0 aliphatic carbocycles. The van der Waals surface area contributed by atoms with Gasteiger partial charge < -0.3 is 19.6 Å². The summed E-state index contributed by atoms with van der Waals surface area (Å²) < 4.78 is 12.3. The average Bonchev–Trinajstić information content (AvgIpc) is 2.72. The molecule has 0 saturated carbocycles. The number of hydrogen-bond donors (Lipinski definition) is 2. The van der Waals surface area contributed by atoms with Gasteiger partial charge >= 0.3 is 12.1 Å². The maximum Gasteiger partial charge on any atom is 0.407 e. The summed E-state index contributed by atoms with van der Waals surface area (Å²) in [7, 11) is -2.36. The number of alkyl carbamates (subject to hydrolysis) is 1. The second kappa shape index (κ2) is 13.0. The van der Waals surface area contributed by atoms with E-state index in [1.807, 2.05) is 44.2 Å². The lowest BCUT2D eigenvalue weighted by molar-refractivity contribution is -0.139. The van der Waals surface area contributed by atoms with E-state index in [9.17, 15) is 14.7 Å². The first-order valence-electron chi connectivity index (χ1n) is 11.8. The van der Waals surface area contributed by atoms with Crippen LogP contribution in [0.2, 0.25) is 16.6 Å². The van der Waals surface area contributed by atoms with Crippen molar-refractivity contribution in [2.45, 2.75) is 104 Å². The lowest BCUT2D eigenvalue weighted by atomic mass is 9.93. The largest absolute Gasteiger partial charge is 0.481 e. The fourth-order valence-electron chi connectivity index (χ4n) is 4.84. The highest BCUT2D eigenvalue weighted by atomic mass is 28.4. The number of carbonyl (C=O) groups excluding carboxylic acids is 1. The van der Waals surface area contributed by atoms with Crippen LogP contribution in [0.5, 0.6) is 0 Å². The van der Waals surface area contributed by atoms with Gasteiger partial charge in [0.25, 0.3) is 0 Å². The zero-order valence-electron chi connectivity index (χ0n) is 21.1. The molecule has 0 bridgehead atoms. The second-order valence-electron chi connectivity index (χ2n) is 9.69. The Morgan fingerprint density at radius 3 is 1.94 bits per heavy atom. The van der Waals surface area contributed by atoms with E-state index in [4.69, 9.17) is 9.16 Å². The number of ether oxygens (including phenoxy) is 1. The van der Waals surface area contributed by atoms with E-state index in [-0.39, 0.29) is 18.9 Å². The number of hydrogen-bond acceptors (Lipinski definition) is 4. The van der Waals surface area contributed by atoms with Crippen LogP contribution in [-0.2, 0) is 20.6 Å². The van der Waals surface area contributed by atoms with Crippen molar-refractivity contribution in [2.24, 2.45) is 5.92 Å². The third kappa shape index (κ3) is 7.62. The summed E-state index contributed by atoms with van der Waals surface area (Å²) in [5.41, 5.74) is 1.82. The Balaban J connectivity index is 3.16. The summed E-state index contributed by atoms with van der Waals surface area (Å²) in [5.74, 6) is -0.899. The molecule has 1 aromatic carbocycles. The molecule has 0 aliphatic heterocycles. The zero-order chi connectivity index (χ0) is 24.5. The van der Waals surface area contributed by atoms with E-state index in [1.165, 1.54) is 0 Å². The van der Waals surface area contributed by atoms with Crippen molar-refractivity contribution in [1.29, 1.82) is 0 Å². The average molecular weight is 466 g/mol. The number of aliphatic carboxylic acids is 1. The highest BCUT2D eigenvalue weighted by Crippen LogP contribution is 2.44. The Labute approximate surface area is 195 Å².